The van der Waals surface area contributed by atoms with Crippen molar-refractivity contribution < 1.29 is 0 Å². The SMILES string of the molecule is Cc1cc(Cl)nc(CN2CCN(C(C)(C)C)CC2)n1. The highest BCUT2D eigenvalue weighted by atomic mass is 35.5. The third kappa shape index (κ3) is 4.13. The van der Waals surface area contributed by atoms with Crippen molar-refractivity contribution in [3.8, 4) is 0 Å². The van der Waals surface area contributed by atoms with Crippen LogP contribution in [0.5, 0.6) is 0 Å². The zero-order valence-electron chi connectivity index (χ0n) is 12.3. The molecular weight excluding hydrogens is 260 g/mol. The van der Waals surface area contributed by atoms with Gasteiger partial charge in [0.25, 0.3) is 0 Å². The van der Waals surface area contributed by atoms with Crippen molar-refractivity contribution in [2.45, 2.75) is 39.8 Å². The second kappa shape index (κ2) is 5.73. The Kier molecular flexibility index (Phi) is 4.43. The van der Waals surface area contributed by atoms with E-state index in [-0.39, 0.29) is 5.54 Å². The first-order valence-electron chi connectivity index (χ1n) is 6.82. The largest absolute Gasteiger partial charge is 0.296 e. The van der Waals surface area contributed by atoms with Crippen molar-refractivity contribution in [3.63, 3.8) is 0 Å². The van der Waals surface area contributed by atoms with Gasteiger partial charge in [-0.15, -0.1) is 0 Å². The standard InChI is InChI=1S/C14H23ClN4/c1-11-9-12(15)17-13(16-11)10-18-5-7-19(8-6-18)14(2,3)4/h9H,5-8,10H2,1-4H3. The second-order valence-corrected chi connectivity index (χ2v) is 6.57. The average Bonchev–Trinajstić information content (AvgIpc) is 2.26. The number of aromatic nitrogens is 2. The van der Waals surface area contributed by atoms with Crippen molar-refractivity contribution in [3.05, 3.63) is 22.7 Å². The topological polar surface area (TPSA) is 32.3 Å². The predicted octanol–water partition coefficient (Wildman–Crippen LogP) is 2.35. The molecule has 1 aromatic rings. The van der Waals surface area contributed by atoms with Crippen molar-refractivity contribution in [2.24, 2.45) is 0 Å². The Balaban J connectivity index is 1.92. The van der Waals surface area contributed by atoms with Crippen LogP contribution in [-0.4, -0.2) is 51.5 Å². The van der Waals surface area contributed by atoms with Gasteiger partial charge in [0.1, 0.15) is 11.0 Å². The summed E-state index contributed by atoms with van der Waals surface area (Å²) in [5.74, 6) is 0.828. The van der Waals surface area contributed by atoms with Gasteiger partial charge in [-0.3, -0.25) is 9.80 Å². The van der Waals surface area contributed by atoms with E-state index in [1.807, 2.05) is 6.92 Å². The predicted molar refractivity (Wildman–Crippen MR) is 78.4 cm³/mol. The molecule has 0 spiro atoms. The summed E-state index contributed by atoms with van der Waals surface area (Å²) in [7, 11) is 0. The van der Waals surface area contributed by atoms with Crippen molar-refractivity contribution in [1.29, 1.82) is 0 Å². The van der Waals surface area contributed by atoms with Gasteiger partial charge in [-0.2, -0.15) is 0 Å². The third-order valence-electron chi connectivity index (χ3n) is 3.56. The second-order valence-electron chi connectivity index (χ2n) is 6.18. The number of halogens is 1. The summed E-state index contributed by atoms with van der Waals surface area (Å²) in [6, 6.07) is 1.79. The Morgan fingerprint density at radius 3 is 2.32 bits per heavy atom. The zero-order chi connectivity index (χ0) is 14.0. The molecule has 0 aromatic carbocycles. The molecule has 0 N–H and O–H groups in total. The van der Waals surface area contributed by atoms with Crippen LogP contribution in [0.3, 0.4) is 0 Å². The molecule has 0 aliphatic carbocycles. The number of aryl methyl sites for hydroxylation is 1. The van der Waals surface area contributed by atoms with Gasteiger partial charge in [0.15, 0.2) is 0 Å². The molecule has 5 heteroatoms. The summed E-state index contributed by atoms with van der Waals surface area (Å²) in [4.78, 5) is 13.7. The normalized spacial score (nSPS) is 18.8. The van der Waals surface area contributed by atoms with Crippen LogP contribution in [0, 0.1) is 6.92 Å². The zero-order valence-corrected chi connectivity index (χ0v) is 13.0. The van der Waals surface area contributed by atoms with E-state index in [4.69, 9.17) is 11.6 Å². The minimum Gasteiger partial charge on any atom is -0.296 e. The lowest BCUT2D eigenvalue weighted by Crippen LogP contribution is -2.53. The fraction of sp³-hybridized carbons (Fsp3) is 0.714. The highest BCUT2D eigenvalue weighted by Gasteiger charge is 2.25. The molecule has 0 atom stereocenters. The van der Waals surface area contributed by atoms with E-state index in [0.717, 1.165) is 44.2 Å². The highest BCUT2D eigenvalue weighted by Crippen LogP contribution is 2.17. The number of hydrogen-bond acceptors (Lipinski definition) is 4. The van der Waals surface area contributed by atoms with Crippen LogP contribution in [0.1, 0.15) is 32.3 Å². The molecule has 1 saturated heterocycles. The smallest absolute Gasteiger partial charge is 0.144 e. The number of nitrogens with zero attached hydrogens (tertiary/aromatic N) is 4. The maximum Gasteiger partial charge on any atom is 0.144 e. The highest BCUT2D eigenvalue weighted by molar-refractivity contribution is 6.29. The van der Waals surface area contributed by atoms with Gasteiger partial charge < -0.3 is 0 Å². The monoisotopic (exact) mass is 282 g/mol. The van der Waals surface area contributed by atoms with E-state index in [1.54, 1.807) is 6.07 Å². The van der Waals surface area contributed by atoms with E-state index in [0.29, 0.717) is 5.15 Å². The molecule has 1 aliphatic rings. The molecule has 1 aliphatic heterocycles. The van der Waals surface area contributed by atoms with Crippen LogP contribution in [0.25, 0.3) is 0 Å². The Morgan fingerprint density at radius 1 is 1.16 bits per heavy atom. The fourth-order valence-electron chi connectivity index (χ4n) is 2.44. The first-order valence-corrected chi connectivity index (χ1v) is 7.20. The van der Waals surface area contributed by atoms with E-state index in [1.165, 1.54) is 0 Å². The summed E-state index contributed by atoms with van der Waals surface area (Å²) in [5, 5.41) is 0.538. The molecule has 2 rings (SSSR count). The molecule has 106 valence electrons. The molecule has 19 heavy (non-hydrogen) atoms. The molecule has 0 amide bonds. The first-order chi connectivity index (χ1) is 8.84. The van der Waals surface area contributed by atoms with Crippen LogP contribution in [0.2, 0.25) is 5.15 Å². The lowest BCUT2D eigenvalue weighted by molar-refractivity contribution is 0.0580. The fourth-order valence-corrected chi connectivity index (χ4v) is 2.69. The van der Waals surface area contributed by atoms with Gasteiger partial charge in [-0.05, 0) is 33.8 Å². The summed E-state index contributed by atoms with van der Waals surface area (Å²) in [5.41, 5.74) is 1.19. The molecule has 0 unspecified atom stereocenters. The molecule has 2 heterocycles. The van der Waals surface area contributed by atoms with Crippen LogP contribution < -0.4 is 0 Å². The van der Waals surface area contributed by atoms with Crippen molar-refractivity contribution >= 4 is 11.6 Å². The molecular formula is C14H23ClN4. The molecule has 0 bridgehead atoms. The molecule has 4 nitrogen and oxygen atoms in total. The molecule has 0 radical (unpaired) electrons. The lowest BCUT2D eigenvalue weighted by atomic mass is 10.1. The van der Waals surface area contributed by atoms with Gasteiger partial charge in [0.05, 0.1) is 6.54 Å². The van der Waals surface area contributed by atoms with Crippen LogP contribution in [0.15, 0.2) is 6.07 Å². The maximum atomic E-state index is 5.97. The Hall–Kier alpha value is -0.710. The maximum absolute atomic E-state index is 5.97. The summed E-state index contributed by atoms with van der Waals surface area (Å²) < 4.78 is 0. The Labute approximate surface area is 120 Å². The number of hydrogen-bond donors (Lipinski definition) is 0. The summed E-state index contributed by atoms with van der Waals surface area (Å²) >= 11 is 5.97. The van der Waals surface area contributed by atoms with Crippen molar-refractivity contribution in [1.82, 2.24) is 19.8 Å². The van der Waals surface area contributed by atoms with Gasteiger partial charge in [-0.1, -0.05) is 11.6 Å². The minimum atomic E-state index is 0.259. The van der Waals surface area contributed by atoms with E-state index >= 15 is 0 Å². The quantitative estimate of drug-likeness (QED) is 0.780. The molecule has 1 fully saturated rings. The summed E-state index contributed by atoms with van der Waals surface area (Å²) in [6.07, 6.45) is 0. The van der Waals surface area contributed by atoms with Crippen LogP contribution >= 0.6 is 11.6 Å². The molecule has 1 aromatic heterocycles. The van der Waals surface area contributed by atoms with E-state index < -0.39 is 0 Å². The minimum absolute atomic E-state index is 0.259. The Morgan fingerprint density at radius 2 is 1.79 bits per heavy atom. The Bertz CT molecular complexity index is 413. The van der Waals surface area contributed by atoms with Gasteiger partial charge in [0.2, 0.25) is 0 Å². The third-order valence-corrected chi connectivity index (χ3v) is 3.75. The number of piperazine rings is 1. The van der Waals surface area contributed by atoms with E-state index in [9.17, 15) is 0 Å². The van der Waals surface area contributed by atoms with Gasteiger partial charge >= 0.3 is 0 Å². The average molecular weight is 283 g/mol. The van der Waals surface area contributed by atoms with Gasteiger partial charge in [0, 0.05) is 37.4 Å². The summed E-state index contributed by atoms with van der Waals surface area (Å²) in [6.45, 7) is 13.9. The van der Waals surface area contributed by atoms with Gasteiger partial charge in [-0.25, -0.2) is 9.97 Å². The van der Waals surface area contributed by atoms with Crippen LogP contribution in [0.4, 0.5) is 0 Å². The van der Waals surface area contributed by atoms with Crippen LogP contribution in [-0.2, 0) is 6.54 Å². The first kappa shape index (κ1) is 14.7. The lowest BCUT2D eigenvalue weighted by Gasteiger charge is -2.42. The van der Waals surface area contributed by atoms with Crippen molar-refractivity contribution in [2.75, 3.05) is 26.2 Å². The molecule has 0 saturated carbocycles. The van der Waals surface area contributed by atoms with E-state index in [2.05, 4.69) is 40.5 Å². The number of rotatable bonds is 2.